The van der Waals surface area contributed by atoms with Crippen LogP contribution in [0.25, 0.3) is 20.8 Å². The molecular formula is C56H74FN7S2+2. The van der Waals surface area contributed by atoms with Gasteiger partial charge in [0.05, 0.1) is 21.0 Å². The van der Waals surface area contributed by atoms with E-state index in [1.165, 1.54) is 48.4 Å². The zero-order valence-electron chi connectivity index (χ0n) is 41.3. The number of aromatic nitrogens is 1. The van der Waals surface area contributed by atoms with Gasteiger partial charge in [0.15, 0.2) is 10.7 Å². The third kappa shape index (κ3) is 7.80. The van der Waals surface area contributed by atoms with Crippen LogP contribution in [-0.2, 0) is 12.6 Å². The molecule has 0 amide bonds. The topological polar surface area (TPSA) is 41.2 Å². The third-order valence-corrected chi connectivity index (χ3v) is 20.2. The van der Waals surface area contributed by atoms with Gasteiger partial charge in [-0.3, -0.25) is 0 Å². The molecule has 10 aliphatic rings. The number of aliphatic imine (C=N–C) groups is 1. The first-order valence-electron chi connectivity index (χ1n) is 25.2. The third-order valence-electron chi connectivity index (χ3n) is 18.7. The van der Waals surface area contributed by atoms with Gasteiger partial charge < -0.3 is 19.6 Å². The van der Waals surface area contributed by atoms with Gasteiger partial charge >= 0.3 is 0 Å². The fourth-order valence-electron chi connectivity index (χ4n) is 12.8. The second-order valence-electron chi connectivity index (χ2n) is 24.4. The zero-order chi connectivity index (χ0) is 46.2. The maximum Gasteiger partial charge on any atom is 0.201 e. The Bertz CT molecular complexity index is 2710. The van der Waals surface area contributed by atoms with E-state index in [4.69, 9.17) is 9.98 Å². The van der Waals surface area contributed by atoms with Crippen molar-refractivity contribution in [2.24, 2.45) is 62.2 Å². The lowest BCUT2D eigenvalue weighted by Gasteiger charge is -2.27. The monoisotopic (exact) mass is 928 g/mol. The average Bonchev–Trinajstić information content (AvgIpc) is 3.88. The Morgan fingerprint density at radius 3 is 1.97 bits per heavy atom. The molecule has 5 saturated heterocycles. The molecule has 2 aromatic carbocycles. The van der Waals surface area contributed by atoms with Gasteiger partial charge in [-0.25, -0.2) is 18.9 Å². The number of fused-ring (bicyclic) bond motifs is 4. The summed E-state index contributed by atoms with van der Waals surface area (Å²) in [7, 11) is 0. The van der Waals surface area contributed by atoms with Crippen LogP contribution in [0.4, 0.5) is 27.1 Å². The Morgan fingerprint density at radius 2 is 1.39 bits per heavy atom. The lowest BCUT2D eigenvalue weighted by molar-refractivity contribution is 0.300. The van der Waals surface area contributed by atoms with Crippen molar-refractivity contribution in [1.29, 1.82) is 0 Å². The second-order valence-corrected chi connectivity index (χ2v) is 26.0. The van der Waals surface area contributed by atoms with Crippen molar-refractivity contribution >= 4 is 62.6 Å². The number of hydrogen-bond acceptors (Lipinski definition) is 7. The Labute approximate surface area is 403 Å². The Morgan fingerprint density at radius 1 is 0.742 bits per heavy atom. The lowest BCUT2D eigenvalue weighted by Crippen LogP contribution is -2.29. The van der Waals surface area contributed by atoms with Gasteiger partial charge in [-0.2, -0.15) is 0 Å². The molecule has 12 rings (SSSR count). The standard InChI is InChI=1S/C30H42N4S.C26H31FN3S/c1-20-16-34(19-29(20,2)3)22-10-8-21(9-11-22)31-28-26(32-12-6-7-13-32)14-23(15-27(28)35)33-17-24-25(18-33)30(24,4)5;1-15-11-30(14-25(15,2)3)16-6-7-21-22(9-16)31-23-10-17(8-20(27)24(23)28-21)29-12-18-19(13-29)26(18,4)5/h8,10-11,14-15,20,24-25,35H,6-7,9,12-13,16-19H2,1-5H3;6-10,15,18-19H,11-14H2,1-5H3/q;+1/p+1. The van der Waals surface area contributed by atoms with Crippen LogP contribution in [0.5, 0.6) is 0 Å². The normalized spacial score (nSPS) is 31.2. The van der Waals surface area contributed by atoms with Crippen molar-refractivity contribution in [3.05, 3.63) is 77.6 Å². The first kappa shape index (κ1) is 44.6. The smallest absolute Gasteiger partial charge is 0.201 e. The molecule has 4 aliphatic carbocycles. The minimum Gasteiger partial charge on any atom is -0.371 e. The van der Waals surface area contributed by atoms with Gasteiger partial charge in [-0.05, 0) is 108 Å². The Balaban J connectivity index is 0.000000147. The van der Waals surface area contributed by atoms with Gasteiger partial charge in [0.25, 0.3) is 0 Å². The summed E-state index contributed by atoms with van der Waals surface area (Å²) in [6, 6.07) is 15.0. The molecule has 0 N–H and O–H groups in total. The molecule has 7 fully saturated rings. The minimum atomic E-state index is -0.204. The summed E-state index contributed by atoms with van der Waals surface area (Å²) in [5.41, 5.74) is 10.4. The predicted octanol–water partition coefficient (Wildman–Crippen LogP) is 10.7. The molecule has 6 aliphatic heterocycles. The van der Waals surface area contributed by atoms with Gasteiger partial charge in [-0.15, -0.1) is 11.3 Å². The molecule has 6 heterocycles. The summed E-state index contributed by atoms with van der Waals surface area (Å²) in [5.74, 6) is 4.39. The van der Waals surface area contributed by atoms with E-state index < -0.39 is 0 Å². The zero-order valence-corrected chi connectivity index (χ0v) is 43.2. The molecule has 66 heavy (non-hydrogen) atoms. The molecule has 0 radical (unpaired) electrons. The van der Waals surface area contributed by atoms with Crippen molar-refractivity contribution in [2.75, 3.05) is 80.1 Å². The lowest BCUT2D eigenvalue weighted by atomic mass is 9.84. The van der Waals surface area contributed by atoms with Crippen molar-refractivity contribution < 1.29 is 4.39 Å². The van der Waals surface area contributed by atoms with Crippen LogP contribution in [-0.4, -0.2) is 81.0 Å². The largest absolute Gasteiger partial charge is 0.371 e. The SMILES string of the molecule is CC1CN(C2=CCC(=Nc3c([SH2+])cc(N4CC5C(C4)C5(C)C)cc3N3CCCC3)C=C2)CC1(C)C.CC1C[N+](=c2ccc3nc4c(F)cc(N5CC6C(C5)C6(C)C)cc4sc-3c2)CC1(C)C. The maximum atomic E-state index is 15.1. The molecule has 0 bridgehead atoms. The molecule has 7 nitrogen and oxygen atoms in total. The number of halogens is 1. The fourth-order valence-corrected chi connectivity index (χ4v) is 14.2. The Hall–Kier alpha value is -3.89. The van der Waals surface area contributed by atoms with Crippen molar-refractivity contribution in [1.82, 2.24) is 14.5 Å². The van der Waals surface area contributed by atoms with Gasteiger partial charge in [0, 0.05) is 111 Å². The van der Waals surface area contributed by atoms with Crippen molar-refractivity contribution in [2.45, 2.75) is 93.4 Å². The van der Waals surface area contributed by atoms with Crippen LogP contribution in [0.1, 0.15) is 88.5 Å². The van der Waals surface area contributed by atoms with Gasteiger partial charge in [0.2, 0.25) is 5.36 Å². The molecule has 2 saturated carbocycles. The summed E-state index contributed by atoms with van der Waals surface area (Å²) in [5, 5.41) is 1.25. The van der Waals surface area contributed by atoms with Crippen LogP contribution in [0.3, 0.4) is 0 Å². The number of nitrogens with zero attached hydrogens (tertiary/aromatic N) is 7. The van der Waals surface area contributed by atoms with Crippen LogP contribution in [0.15, 0.2) is 76.3 Å². The summed E-state index contributed by atoms with van der Waals surface area (Å²) < 4.78 is 18.5. The van der Waals surface area contributed by atoms with Crippen LogP contribution in [0, 0.1) is 63.0 Å². The first-order chi connectivity index (χ1) is 31.3. The van der Waals surface area contributed by atoms with E-state index in [1.54, 1.807) is 17.4 Å². The van der Waals surface area contributed by atoms with Crippen LogP contribution < -0.4 is 24.6 Å². The predicted molar refractivity (Wildman–Crippen MR) is 280 cm³/mol. The molecule has 0 spiro atoms. The molecular weight excluding hydrogens is 854 g/mol. The van der Waals surface area contributed by atoms with Crippen molar-refractivity contribution in [3.8, 4) is 10.6 Å². The van der Waals surface area contributed by atoms with Crippen molar-refractivity contribution in [3.63, 3.8) is 0 Å². The number of anilines is 3. The number of likely N-dealkylation sites (tertiary alicyclic amines) is 1. The van der Waals surface area contributed by atoms with Crippen LogP contribution in [0.2, 0.25) is 0 Å². The fraction of sp³-hybridized carbons (Fsp3) is 0.589. The van der Waals surface area contributed by atoms with E-state index in [2.05, 4.69) is 161 Å². The minimum absolute atomic E-state index is 0.204. The maximum absolute atomic E-state index is 15.1. The van der Waals surface area contributed by atoms with Gasteiger partial charge in [-0.1, -0.05) is 75.3 Å². The molecule has 6 unspecified atom stereocenters. The van der Waals surface area contributed by atoms with E-state index in [0.29, 0.717) is 33.1 Å². The highest BCUT2D eigenvalue weighted by atomic mass is 32.1. The Kier molecular flexibility index (Phi) is 10.7. The summed E-state index contributed by atoms with van der Waals surface area (Å²) in [6.45, 7) is 35.0. The summed E-state index contributed by atoms with van der Waals surface area (Å²) in [4.78, 5) is 22.3. The second kappa shape index (κ2) is 15.8. The first-order valence-corrected chi connectivity index (χ1v) is 26.6. The van der Waals surface area contributed by atoms with E-state index in [9.17, 15) is 0 Å². The average molecular weight is 928 g/mol. The molecule has 2 aromatic rings. The quantitative estimate of drug-likeness (QED) is 0.113. The molecule has 350 valence electrons. The van der Waals surface area contributed by atoms with Crippen LogP contribution >= 0.6 is 11.3 Å². The molecule has 6 atom stereocenters. The summed E-state index contributed by atoms with van der Waals surface area (Å²) >= 11 is 5.67. The molecule has 0 aromatic heterocycles. The van der Waals surface area contributed by atoms with E-state index in [-0.39, 0.29) is 5.82 Å². The number of allylic oxidation sites excluding steroid dienone is 3. The number of benzene rings is 3. The number of piperidine rings is 2. The molecule has 10 heteroatoms. The van der Waals surface area contributed by atoms with E-state index in [0.717, 1.165) is 126 Å². The highest BCUT2D eigenvalue weighted by Crippen LogP contribution is 2.63. The van der Waals surface area contributed by atoms with E-state index >= 15 is 4.39 Å². The van der Waals surface area contributed by atoms with Gasteiger partial charge in [0.1, 0.15) is 24.3 Å². The summed E-state index contributed by atoms with van der Waals surface area (Å²) in [6.07, 6.45) is 10.4. The van der Waals surface area contributed by atoms with E-state index in [1.807, 2.05) is 0 Å². The highest BCUT2D eigenvalue weighted by Gasteiger charge is 2.63. The number of rotatable bonds is 5. The number of hydrogen-bond donors (Lipinski definition) is 0. The highest BCUT2D eigenvalue weighted by molar-refractivity contribution is 7.59.